The van der Waals surface area contributed by atoms with E-state index in [1.165, 1.54) is 30.3 Å². The van der Waals surface area contributed by atoms with Gasteiger partial charge in [0.15, 0.2) is 5.78 Å². The van der Waals surface area contributed by atoms with Gasteiger partial charge in [0, 0.05) is 11.1 Å². The van der Waals surface area contributed by atoms with Crippen LogP contribution in [-0.2, 0) is 9.53 Å². The Labute approximate surface area is 166 Å². The number of carboxylic acids is 1. The minimum Gasteiger partial charge on any atom is -0.475 e. The number of rotatable bonds is 6. The van der Waals surface area contributed by atoms with Gasteiger partial charge in [-0.05, 0) is 35.9 Å². The summed E-state index contributed by atoms with van der Waals surface area (Å²) in [7, 11) is 0. The molecule has 29 heavy (non-hydrogen) atoms. The largest absolute Gasteiger partial charge is 0.519 e. The molecule has 6 heteroatoms. The molecule has 3 rings (SSSR count). The molecule has 3 aromatic carbocycles. The summed E-state index contributed by atoms with van der Waals surface area (Å²) in [6, 6.07) is 23.2. The lowest BCUT2D eigenvalue weighted by Gasteiger charge is -2.07. The Bertz CT molecular complexity index is 1040. The van der Waals surface area contributed by atoms with Crippen LogP contribution in [-0.4, -0.2) is 23.0 Å². The maximum atomic E-state index is 12.4. The van der Waals surface area contributed by atoms with Crippen molar-refractivity contribution in [2.75, 3.05) is 0 Å². The molecule has 144 valence electrons. The quantitative estimate of drug-likeness (QED) is 0.219. The average molecular weight is 388 g/mol. The Morgan fingerprint density at radius 3 is 1.86 bits per heavy atom. The standard InChI is InChI=1S/C23H16O6/c24-21(17-9-5-2-6-10-17)18-11-13-19(14-12-18)28-23(27)29-20(22(25)26)15-16-7-3-1-4-8-16/h1-15H,(H,25,26). The van der Waals surface area contributed by atoms with Crippen LogP contribution in [0.3, 0.4) is 0 Å². The molecule has 6 nitrogen and oxygen atoms in total. The summed E-state index contributed by atoms with van der Waals surface area (Å²) in [5.74, 6) is -2.03. The van der Waals surface area contributed by atoms with Crippen LogP contribution in [0.15, 0.2) is 90.7 Å². The van der Waals surface area contributed by atoms with E-state index in [0.717, 1.165) is 0 Å². The smallest absolute Gasteiger partial charge is 0.475 e. The van der Waals surface area contributed by atoms with Gasteiger partial charge in [0.1, 0.15) is 5.75 Å². The predicted molar refractivity (Wildman–Crippen MR) is 105 cm³/mol. The molecule has 0 bridgehead atoms. The predicted octanol–water partition coefficient (Wildman–Crippen LogP) is 4.56. The topological polar surface area (TPSA) is 89.9 Å². The maximum absolute atomic E-state index is 12.4. The van der Waals surface area contributed by atoms with E-state index in [0.29, 0.717) is 16.7 Å². The molecule has 0 aliphatic rings. The first-order chi connectivity index (χ1) is 14.0. The van der Waals surface area contributed by atoms with Gasteiger partial charge in [-0.25, -0.2) is 9.59 Å². The molecule has 0 radical (unpaired) electrons. The number of benzene rings is 3. The molecule has 0 heterocycles. The van der Waals surface area contributed by atoms with Crippen molar-refractivity contribution in [2.24, 2.45) is 0 Å². The van der Waals surface area contributed by atoms with E-state index in [1.807, 2.05) is 6.07 Å². The molecule has 0 fully saturated rings. The number of hydrogen-bond acceptors (Lipinski definition) is 5. The minimum atomic E-state index is -1.41. The van der Waals surface area contributed by atoms with Crippen LogP contribution in [0.4, 0.5) is 4.79 Å². The van der Waals surface area contributed by atoms with Gasteiger partial charge in [-0.1, -0.05) is 60.7 Å². The third kappa shape index (κ3) is 5.40. The van der Waals surface area contributed by atoms with Gasteiger partial charge in [-0.3, -0.25) is 4.79 Å². The fourth-order valence-electron chi connectivity index (χ4n) is 2.47. The summed E-state index contributed by atoms with van der Waals surface area (Å²) >= 11 is 0. The SMILES string of the molecule is O=C(OC(=Cc1ccccc1)C(=O)O)Oc1ccc(C(=O)c2ccccc2)cc1. The van der Waals surface area contributed by atoms with Gasteiger partial charge in [-0.2, -0.15) is 0 Å². The second-order valence-electron chi connectivity index (χ2n) is 5.90. The van der Waals surface area contributed by atoms with Crippen LogP contribution in [0.25, 0.3) is 6.08 Å². The number of aliphatic carboxylic acids is 1. The molecule has 0 saturated heterocycles. The first kappa shape index (κ1) is 19.6. The molecule has 0 amide bonds. The number of hydrogen-bond donors (Lipinski definition) is 1. The van der Waals surface area contributed by atoms with Crippen molar-refractivity contribution >= 4 is 24.0 Å². The highest BCUT2D eigenvalue weighted by Gasteiger charge is 2.17. The molecular weight excluding hydrogens is 372 g/mol. The highest BCUT2D eigenvalue weighted by molar-refractivity contribution is 6.09. The number of ether oxygens (including phenoxy) is 2. The van der Waals surface area contributed by atoms with E-state index >= 15 is 0 Å². The molecular formula is C23H16O6. The summed E-state index contributed by atoms with van der Waals surface area (Å²) in [6.07, 6.45) is 0.0160. The Morgan fingerprint density at radius 1 is 0.724 bits per heavy atom. The summed E-state index contributed by atoms with van der Waals surface area (Å²) in [4.78, 5) is 35.6. The molecule has 0 saturated carbocycles. The van der Waals surface area contributed by atoms with Crippen molar-refractivity contribution in [3.05, 3.63) is 107 Å². The van der Waals surface area contributed by atoms with Gasteiger partial charge in [0.25, 0.3) is 0 Å². The average Bonchev–Trinajstić information content (AvgIpc) is 2.74. The van der Waals surface area contributed by atoms with Crippen molar-refractivity contribution in [1.82, 2.24) is 0 Å². The van der Waals surface area contributed by atoms with Crippen molar-refractivity contribution in [3.8, 4) is 5.75 Å². The van der Waals surface area contributed by atoms with E-state index in [-0.39, 0.29) is 11.5 Å². The molecule has 0 aromatic heterocycles. The van der Waals surface area contributed by atoms with Crippen LogP contribution in [0.5, 0.6) is 5.75 Å². The Morgan fingerprint density at radius 2 is 1.28 bits per heavy atom. The van der Waals surface area contributed by atoms with Crippen LogP contribution >= 0.6 is 0 Å². The van der Waals surface area contributed by atoms with Gasteiger partial charge < -0.3 is 14.6 Å². The molecule has 1 N–H and O–H groups in total. The lowest BCUT2D eigenvalue weighted by molar-refractivity contribution is -0.135. The third-order valence-electron chi connectivity index (χ3n) is 3.86. The first-order valence-corrected chi connectivity index (χ1v) is 8.62. The maximum Gasteiger partial charge on any atom is 0.519 e. The molecule has 0 spiro atoms. The van der Waals surface area contributed by atoms with E-state index in [4.69, 9.17) is 9.47 Å². The normalized spacial score (nSPS) is 10.8. The lowest BCUT2D eigenvalue weighted by Crippen LogP contribution is -2.15. The van der Waals surface area contributed by atoms with Crippen molar-refractivity contribution in [1.29, 1.82) is 0 Å². The van der Waals surface area contributed by atoms with E-state index < -0.39 is 17.9 Å². The zero-order valence-corrected chi connectivity index (χ0v) is 15.1. The van der Waals surface area contributed by atoms with Crippen LogP contribution in [0.2, 0.25) is 0 Å². The van der Waals surface area contributed by atoms with E-state index in [2.05, 4.69) is 0 Å². The molecule has 0 unspecified atom stereocenters. The minimum absolute atomic E-state index is 0.115. The van der Waals surface area contributed by atoms with Crippen molar-refractivity contribution in [3.63, 3.8) is 0 Å². The lowest BCUT2D eigenvalue weighted by atomic mass is 10.0. The molecule has 0 aliphatic carbocycles. The van der Waals surface area contributed by atoms with E-state index in [1.54, 1.807) is 54.6 Å². The van der Waals surface area contributed by atoms with E-state index in [9.17, 15) is 19.5 Å². The van der Waals surface area contributed by atoms with Gasteiger partial charge >= 0.3 is 12.1 Å². The van der Waals surface area contributed by atoms with Crippen LogP contribution < -0.4 is 4.74 Å². The monoisotopic (exact) mass is 388 g/mol. The summed E-state index contributed by atoms with van der Waals surface area (Å²) < 4.78 is 9.80. The van der Waals surface area contributed by atoms with Crippen molar-refractivity contribution < 1.29 is 29.0 Å². The summed E-state index contributed by atoms with van der Waals surface area (Å²) in [5, 5.41) is 9.22. The highest BCUT2D eigenvalue weighted by atomic mass is 16.7. The second-order valence-corrected chi connectivity index (χ2v) is 5.90. The Balaban J connectivity index is 1.66. The number of carboxylic acid groups (broad SMARTS) is 1. The Hall–Kier alpha value is -4.19. The highest BCUT2D eigenvalue weighted by Crippen LogP contribution is 2.17. The first-order valence-electron chi connectivity index (χ1n) is 8.62. The van der Waals surface area contributed by atoms with Crippen LogP contribution in [0.1, 0.15) is 21.5 Å². The molecule has 3 aromatic rings. The molecule has 0 atom stereocenters. The van der Waals surface area contributed by atoms with Gasteiger partial charge in [0.05, 0.1) is 0 Å². The van der Waals surface area contributed by atoms with Crippen molar-refractivity contribution in [2.45, 2.75) is 0 Å². The number of carbonyl (C=O) groups excluding carboxylic acids is 2. The molecule has 0 aliphatic heterocycles. The third-order valence-corrected chi connectivity index (χ3v) is 3.86. The number of carbonyl (C=O) groups is 3. The Kier molecular flexibility index (Phi) is 6.17. The van der Waals surface area contributed by atoms with Gasteiger partial charge in [-0.15, -0.1) is 0 Å². The summed E-state index contributed by atoms with van der Waals surface area (Å²) in [6.45, 7) is 0. The zero-order valence-electron chi connectivity index (χ0n) is 15.1. The fourth-order valence-corrected chi connectivity index (χ4v) is 2.47. The van der Waals surface area contributed by atoms with Crippen LogP contribution in [0, 0.1) is 0 Å². The second kappa shape index (κ2) is 9.14. The fraction of sp³-hybridized carbons (Fsp3) is 0. The number of ketones is 1. The van der Waals surface area contributed by atoms with Gasteiger partial charge in [0.2, 0.25) is 5.76 Å². The summed E-state index contributed by atoms with van der Waals surface area (Å²) in [5.41, 5.74) is 1.52. The zero-order chi connectivity index (χ0) is 20.6.